The third-order valence-electron chi connectivity index (χ3n) is 6.15. The molecule has 3 heteroatoms. The van der Waals surface area contributed by atoms with E-state index in [0.29, 0.717) is 0 Å². The van der Waals surface area contributed by atoms with Crippen LogP contribution in [0.5, 0.6) is 0 Å². The first-order valence-corrected chi connectivity index (χ1v) is 9.34. The number of hydrogen-bond acceptors (Lipinski definition) is 3. The van der Waals surface area contributed by atoms with Crippen LogP contribution in [0.15, 0.2) is 0 Å². The third kappa shape index (κ3) is 3.62. The topological polar surface area (TPSA) is 24.5 Å². The Morgan fingerprint density at radius 1 is 1.19 bits per heavy atom. The average Bonchev–Trinajstić information content (AvgIpc) is 2.50. The largest absolute Gasteiger partial charge is 0.375 e. The summed E-state index contributed by atoms with van der Waals surface area (Å²) in [6, 6.07) is 1.51. The average molecular weight is 294 g/mol. The van der Waals surface area contributed by atoms with E-state index in [1.807, 2.05) is 0 Å². The molecule has 122 valence electrons. The Kier molecular flexibility index (Phi) is 5.23. The second-order valence-electron chi connectivity index (χ2n) is 7.66. The van der Waals surface area contributed by atoms with Crippen molar-refractivity contribution in [1.82, 2.24) is 10.2 Å². The molecule has 2 saturated heterocycles. The summed E-state index contributed by atoms with van der Waals surface area (Å²) < 4.78 is 6.27. The maximum atomic E-state index is 6.27. The fourth-order valence-electron chi connectivity index (χ4n) is 4.93. The summed E-state index contributed by atoms with van der Waals surface area (Å²) in [4.78, 5) is 2.79. The highest BCUT2D eigenvalue weighted by atomic mass is 16.5. The third-order valence-corrected chi connectivity index (χ3v) is 6.15. The Balaban J connectivity index is 1.57. The molecule has 3 fully saturated rings. The molecule has 0 aromatic heterocycles. The van der Waals surface area contributed by atoms with Gasteiger partial charge < -0.3 is 10.1 Å². The smallest absolute Gasteiger partial charge is 0.0697 e. The fraction of sp³-hybridized carbons (Fsp3) is 1.00. The molecule has 0 bridgehead atoms. The van der Waals surface area contributed by atoms with E-state index in [1.165, 1.54) is 64.5 Å². The summed E-state index contributed by atoms with van der Waals surface area (Å²) in [6.07, 6.45) is 10.7. The van der Waals surface area contributed by atoms with E-state index < -0.39 is 0 Å². The van der Waals surface area contributed by atoms with E-state index >= 15 is 0 Å². The van der Waals surface area contributed by atoms with Crippen LogP contribution >= 0.6 is 0 Å². The molecule has 21 heavy (non-hydrogen) atoms. The minimum atomic E-state index is 0.253. The molecule has 2 heterocycles. The van der Waals surface area contributed by atoms with Crippen LogP contribution in [0.3, 0.4) is 0 Å². The van der Waals surface area contributed by atoms with Crippen molar-refractivity contribution in [3.8, 4) is 0 Å². The first-order chi connectivity index (χ1) is 10.2. The molecule has 3 rings (SSSR count). The summed E-state index contributed by atoms with van der Waals surface area (Å²) in [5.41, 5.74) is 0.253. The number of ether oxygens (including phenoxy) is 1. The highest BCUT2D eigenvalue weighted by Gasteiger charge is 2.41. The second kappa shape index (κ2) is 6.97. The maximum absolute atomic E-state index is 6.27. The molecule has 0 amide bonds. The van der Waals surface area contributed by atoms with Crippen LogP contribution in [-0.2, 0) is 4.74 Å². The lowest BCUT2D eigenvalue weighted by molar-refractivity contribution is -0.127. The van der Waals surface area contributed by atoms with Crippen molar-refractivity contribution in [2.45, 2.75) is 82.9 Å². The van der Waals surface area contributed by atoms with Gasteiger partial charge in [0.25, 0.3) is 0 Å². The lowest BCUT2D eigenvalue weighted by atomic mass is 9.77. The van der Waals surface area contributed by atoms with E-state index in [2.05, 4.69) is 24.1 Å². The molecule has 0 aromatic rings. The molecular weight excluding hydrogens is 260 g/mol. The standard InChI is InChI=1S/C18H34N2O/c1-3-19-17-7-11-20(14-15(17)2)16-8-12-21-18(13-16)9-5-4-6-10-18/h15-17,19H,3-14H2,1-2H3. The monoisotopic (exact) mass is 294 g/mol. The summed E-state index contributed by atoms with van der Waals surface area (Å²) in [7, 11) is 0. The van der Waals surface area contributed by atoms with Crippen LogP contribution in [0.2, 0.25) is 0 Å². The molecule has 2 aliphatic heterocycles. The van der Waals surface area contributed by atoms with E-state index in [4.69, 9.17) is 4.74 Å². The molecular formula is C18H34N2O. The fourth-order valence-corrected chi connectivity index (χ4v) is 4.93. The minimum absolute atomic E-state index is 0.253. The predicted octanol–water partition coefficient (Wildman–Crippen LogP) is 3.19. The van der Waals surface area contributed by atoms with Gasteiger partial charge in [0.15, 0.2) is 0 Å². The molecule has 3 aliphatic rings. The first-order valence-electron chi connectivity index (χ1n) is 9.34. The summed E-state index contributed by atoms with van der Waals surface area (Å²) >= 11 is 0. The van der Waals surface area contributed by atoms with Crippen LogP contribution in [0, 0.1) is 5.92 Å². The van der Waals surface area contributed by atoms with Gasteiger partial charge in [-0.2, -0.15) is 0 Å². The Labute approximate surface area is 130 Å². The van der Waals surface area contributed by atoms with E-state index in [-0.39, 0.29) is 5.60 Å². The van der Waals surface area contributed by atoms with Crippen LogP contribution in [0.25, 0.3) is 0 Å². The number of piperidine rings is 1. The molecule has 1 N–H and O–H groups in total. The van der Waals surface area contributed by atoms with E-state index in [1.54, 1.807) is 0 Å². The number of rotatable bonds is 3. The van der Waals surface area contributed by atoms with Gasteiger partial charge in [-0.15, -0.1) is 0 Å². The van der Waals surface area contributed by atoms with Crippen molar-refractivity contribution in [3.63, 3.8) is 0 Å². The molecule has 0 radical (unpaired) electrons. The first kappa shape index (κ1) is 15.8. The van der Waals surface area contributed by atoms with Crippen molar-refractivity contribution in [2.75, 3.05) is 26.2 Å². The van der Waals surface area contributed by atoms with Gasteiger partial charge in [0.1, 0.15) is 0 Å². The summed E-state index contributed by atoms with van der Waals surface area (Å²) in [6.45, 7) is 9.31. The van der Waals surface area contributed by atoms with Gasteiger partial charge in [0.05, 0.1) is 5.60 Å². The normalized spacial score (nSPS) is 37.7. The van der Waals surface area contributed by atoms with Gasteiger partial charge in [-0.3, -0.25) is 4.90 Å². The Hall–Kier alpha value is -0.120. The molecule has 1 spiro atoms. The highest BCUT2D eigenvalue weighted by Crippen LogP contribution is 2.40. The maximum Gasteiger partial charge on any atom is 0.0697 e. The Morgan fingerprint density at radius 3 is 2.71 bits per heavy atom. The van der Waals surface area contributed by atoms with Gasteiger partial charge in [0, 0.05) is 25.2 Å². The zero-order valence-corrected chi connectivity index (χ0v) is 14.1. The molecule has 0 aromatic carbocycles. The number of nitrogens with zero attached hydrogens (tertiary/aromatic N) is 1. The SMILES string of the molecule is CCNC1CCN(C2CCOC3(CCCCC3)C2)CC1C. The molecule has 3 nitrogen and oxygen atoms in total. The zero-order chi connectivity index (χ0) is 14.7. The molecule has 1 saturated carbocycles. The molecule has 3 unspecified atom stereocenters. The van der Waals surface area contributed by atoms with E-state index in [0.717, 1.165) is 31.2 Å². The zero-order valence-electron chi connectivity index (χ0n) is 14.1. The van der Waals surface area contributed by atoms with Gasteiger partial charge >= 0.3 is 0 Å². The second-order valence-corrected chi connectivity index (χ2v) is 7.66. The predicted molar refractivity (Wildman–Crippen MR) is 87.6 cm³/mol. The van der Waals surface area contributed by atoms with Crippen molar-refractivity contribution in [3.05, 3.63) is 0 Å². The molecule has 3 atom stereocenters. The van der Waals surface area contributed by atoms with Gasteiger partial charge in [-0.25, -0.2) is 0 Å². The van der Waals surface area contributed by atoms with Crippen LogP contribution in [0.1, 0.15) is 65.2 Å². The molecule has 1 aliphatic carbocycles. The quantitative estimate of drug-likeness (QED) is 0.865. The Morgan fingerprint density at radius 2 is 2.00 bits per heavy atom. The van der Waals surface area contributed by atoms with Crippen LogP contribution in [-0.4, -0.2) is 48.8 Å². The minimum Gasteiger partial charge on any atom is -0.375 e. The lowest BCUT2D eigenvalue weighted by Gasteiger charge is -2.49. The summed E-state index contributed by atoms with van der Waals surface area (Å²) in [5.74, 6) is 0.781. The summed E-state index contributed by atoms with van der Waals surface area (Å²) in [5, 5.41) is 3.66. The highest BCUT2D eigenvalue weighted by molar-refractivity contribution is 4.95. The van der Waals surface area contributed by atoms with Crippen molar-refractivity contribution >= 4 is 0 Å². The van der Waals surface area contributed by atoms with Crippen molar-refractivity contribution < 1.29 is 4.74 Å². The van der Waals surface area contributed by atoms with Gasteiger partial charge in [-0.05, 0) is 51.1 Å². The number of hydrogen-bond donors (Lipinski definition) is 1. The van der Waals surface area contributed by atoms with E-state index in [9.17, 15) is 0 Å². The van der Waals surface area contributed by atoms with Crippen LogP contribution < -0.4 is 5.32 Å². The van der Waals surface area contributed by atoms with Crippen LogP contribution in [0.4, 0.5) is 0 Å². The lowest BCUT2D eigenvalue weighted by Crippen LogP contribution is -2.55. The Bertz CT molecular complexity index is 322. The number of likely N-dealkylation sites (tertiary alicyclic amines) is 1. The van der Waals surface area contributed by atoms with Gasteiger partial charge in [0.2, 0.25) is 0 Å². The van der Waals surface area contributed by atoms with Crippen molar-refractivity contribution in [1.29, 1.82) is 0 Å². The van der Waals surface area contributed by atoms with Crippen molar-refractivity contribution in [2.24, 2.45) is 5.92 Å². The number of nitrogens with one attached hydrogen (secondary N) is 1. The van der Waals surface area contributed by atoms with Gasteiger partial charge in [-0.1, -0.05) is 33.1 Å².